The quantitative estimate of drug-likeness (QED) is 0.898. The standard InChI is InChI=1S/C17H22N4O3S/c1-13-16(12-18-20(13)2)19-17(22)14-8-10-21(11-9-14)25(23,24)15-6-4-3-5-7-15/h3-7,12,14H,8-11H2,1-2H3,(H,19,22). The number of benzene rings is 1. The first-order valence-electron chi connectivity index (χ1n) is 8.24. The van der Waals surface area contributed by atoms with Crippen LogP contribution in [0.4, 0.5) is 5.69 Å². The number of anilines is 1. The van der Waals surface area contributed by atoms with E-state index in [-0.39, 0.29) is 11.8 Å². The van der Waals surface area contributed by atoms with Gasteiger partial charge in [-0.15, -0.1) is 0 Å². The summed E-state index contributed by atoms with van der Waals surface area (Å²) in [6, 6.07) is 8.40. The van der Waals surface area contributed by atoms with Gasteiger partial charge in [-0.2, -0.15) is 9.40 Å². The Labute approximate surface area is 147 Å². The van der Waals surface area contributed by atoms with E-state index in [4.69, 9.17) is 0 Å². The van der Waals surface area contributed by atoms with E-state index in [9.17, 15) is 13.2 Å². The molecular formula is C17H22N4O3S. The molecule has 0 atom stereocenters. The molecule has 1 fully saturated rings. The van der Waals surface area contributed by atoms with Crippen molar-refractivity contribution in [2.75, 3.05) is 18.4 Å². The molecule has 0 radical (unpaired) electrons. The van der Waals surface area contributed by atoms with Gasteiger partial charge in [0.2, 0.25) is 15.9 Å². The molecule has 1 aromatic carbocycles. The number of hydrogen-bond acceptors (Lipinski definition) is 4. The van der Waals surface area contributed by atoms with Crippen molar-refractivity contribution in [2.24, 2.45) is 13.0 Å². The Balaban J connectivity index is 1.62. The van der Waals surface area contributed by atoms with Gasteiger partial charge >= 0.3 is 0 Å². The van der Waals surface area contributed by atoms with Crippen LogP contribution in [0.25, 0.3) is 0 Å². The lowest BCUT2D eigenvalue weighted by molar-refractivity contribution is -0.120. The van der Waals surface area contributed by atoms with E-state index in [1.165, 1.54) is 4.31 Å². The van der Waals surface area contributed by atoms with E-state index in [0.29, 0.717) is 36.5 Å². The van der Waals surface area contributed by atoms with E-state index in [1.54, 1.807) is 41.2 Å². The van der Waals surface area contributed by atoms with Crippen molar-refractivity contribution in [1.82, 2.24) is 14.1 Å². The molecule has 8 heteroatoms. The van der Waals surface area contributed by atoms with Crippen molar-refractivity contribution in [3.63, 3.8) is 0 Å². The lowest BCUT2D eigenvalue weighted by Gasteiger charge is -2.30. The SMILES string of the molecule is Cc1c(NC(=O)C2CCN(S(=O)(=O)c3ccccc3)CC2)cnn1C. The first-order valence-corrected chi connectivity index (χ1v) is 9.68. The molecular weight excluding hydrogens is 340 g/mol. The Morgan fingerprint density at radius 1 is 1.20 bits per heavy atom. The Morgan fingerprint density at radius 3 is 2.40 bits per heavy atom. The molecule has 2 heterocycles. The van der Waals surface area contributed by atoms with Gasteiger partial charge < -0.3 is 5.32 Å². The lowest BCUT2D eigenvalue weighted by Crippen LogP contribution is -2.41. The van der Waals surface area contributed by atoms with Gasteiger partial charge in [-0.05, 0) is 31.9 Å². The molecule has 25 heavy (non-hydrogen) atoms. The Bertz CT molecular complexity index is 853. The monoisotopic (exact) mass is 362 g/mol. The summed E-state index contributed by atoms with van der Waals surface area (Å²) < 4.78 is 28.4. The number of rotatable bonds is 4. The number of piperidine rings is 1. The number of amides is 1. The lowest BCUT2D eigenvalue weighted by atomic mass is 9.97. The third kappa shape index (κ3) is 3.59. The largest absolute Gasteiger partial charge is 0.323 e. The summed E-state index contributed by atoms with van der Waals surface area (Å²) in [5, 5.41) is 7.00. The molecule has 0 aliphatic carbocycles. The summed E-state index contributed by atoms with van der Waals surface area (Å²) in [5.74, 6) is -0.269. The maximum absolute atomic E-state index is 12.6. The van der Waals surface area contributed by atoms with Gasteiger partial charge in [-0.1, -0.05) is 18.2 Å². The molecule has 7 nitrogen and oxygen atoms in total. The number of nitrogens with one attached hydrogen (secondary N) is 1. The van der Waals surface area contributed by atoms with Crippen LogP contribution in [-0.2, 0) is 21.9 Å². The third-order valence-corrected chi connectivity index (χ3v) is 6.61. The molecule has 0 bridgehead atoms. The molecule has 1 N–H and O–H groups in total. The molecule has 1 aliphatic heterocycles. The van der Waals surface area contributed by atoms with Crippen LogP contribution in [0, 0.1) is 12.8 Å². The first-order chi connectivity index (χ1) is 11.9. The van der Waals surface area contributed by atoms with Crippen LogP contribution < -0.4 is 5.32 Å². The smallest absolute Gasteiger partial charge is 0.243 e. The zero-order chi connectivity index (χ0) is 18.0. The molecule has 1 aromatic heterocycles. The zero-order valence-electron chi connectivity index (χ0n) is 14.3. The van der Waals surface area contributed by atoms with Crippen molar-refractivity contribution in [2.45, 2.75) is 24.7 Å². The van der Waals surface area contributed by atoms with Crippen molar-refractivity contribution >= 4 is 21.6 Å². The maximum atomic E-state index is 12.6. The molecule has 0 spiro atoms. The normalized spacial score (nSPS) is 16.7. The zero-order valence-corrected chi connectivity index (χ0v) is 15.2. The minimum absolute atomic E-state index is 0.0761. The van der Waals surface area contributed by atoms with E-state index in [2.05, 4.69) is 10.4 Å². The molecule has 1 amide bonds. The Morgan fingerprint density at radius 2 is 1.84 bits per heavy atom. The van der Waals surface area contributed by atoms with Crippen molar-refractivity contribution in [1.29, 1.82) is 0 Å². The summed E-state index contributed by atoms with van der Waals surface area (Å²) in [4.78, 5) is 12.7. The second-order valence-electron chi connectivity index (χ2n) is 6.25. The summed E-state index contributed by atoms with van der Waals surface area (Å²) in [6.07, 6.45) is 2.65. The van der Waals surface area contributed by atoms with Crippen LogP contribution in [-0.4, -0.2) is 41.5 Å². The second-order valence-corrected chi connectivity index (χ2v) is 8.19. The van der Waals surface area contributed by atoms with Crippen LogP contribution in [0.3, 0.4) is 0 Å². The highest BCUT2D eigenvalue weighted by Gasteiger charge is 2.32. The summed E-state index contributed by atoms with van der Waals surface area (Å²) in [7, 11) is -1.67. The van der Waals surface area contributed by atoms with Crippen molar-refractivity contribution < 1.29 is 13.2 Å². The predicted molar refractivity (Wildman–Crippen MR) is 94.5 cm³/mol. The van der Waals surface area contributed by atoms with Crippen LogP contribution in [0.2, 0.25) is 0 Å². The van der Waals surface area contributed by atoms with E-state index >= 15 is 0 Å². The molecule has 1 saturated heterocycles. The third-order valence-electron chi connectivity index (χ3n) is 4.70. The van der Waals surface area contributed by atoms with Gasteiger partial charge in [0.05, 0.1) is 22.5 Å². The van der Waals surface area contributed by atoms with Gasteiger partial charge in [0.1, 0.15) is 0 Å². The molecule has 1 aliphatic rings. The number of sulfonamides is 1. The molecule has 134 valence electrons. The van der Waals surface area contributed by atoms with Gasteiger partial charge in [0, 0.05) is 26.1 Å². The summed E-state index contributed by atoms with van der Waals surface area (Å²) in [5.41, 5.74) is 1.59. The molecule has 0 saturated carbocycles. The van der Waals surface area contributed by atoms with Crippen LogP contribution >= 0.6 is 0 Å². The fraction of sp³-hybridized carbons (Fsp3) is 0.412. The first kappa shape index (κ1) is 17.6. The summed E-state index contributed by atoms with van der Waals surface area (Å²) >= 11 is 0. The van der Waals surface area contributed by atoms with Gasteiger partial charge in [-0.25, -0.2) is 8.42 Å². The average molecular weight is 362 g/mol. The predicted octanol–water partition coefficient (Wildman–Crippen LogP) is 1.77. The van der Waals surface area contributed by atoms with Crippen LogP contribution in [0.1, 0.15) is 18.5 Å². The summed E-state index contributed by atoms with van der Waals surface area (Å²) in [6.45, 7) is 2.58. The average Bonchev–Trinajstić information content (AvgIpc) is 2.94. The Hall–Kier alpha value is -2.19. The van der Waals surface area contributed by atoms with Gasteiger partial charge in [0.25, 0.3) is 0 Å². The van der Waals surface area contributed by atoms with E-state index in [1.807, 2.05) is 14.0 Å². The highest BCUT2D eigenvalue weighted by Crippen LogP contribution is 2.25. The second kappa shape index (κ2) is 6.97. The number of aromatic nitrogens is 2. The topological polar surface area (TPSA) is 84.3 Å². The van der Waals surface area contributed by atoms with Crippen LogP contribution in [0.15, 0.2) is 41.4 Å². The Kier molecular flexibility index (Phi) is 4.91. The van der Waals surface area contributed by atoms with Gasteiger partial charge in [-0.3, -0.25) is 9.48 Å². The number of hydrogen-bond donors (Lipinski definition) is 1. The highest BCUT2D eigenvalue weighted by atomic mass is 32.2. The molecule has 0 unspecified atom stereocenters. The number of carbonyl (C=O) groups is 1. The highest BCUT2D eigenvalue weighted by molar-refractivity contribution is 7.89. The fourth-order valence-corrected chi connectivity index (χ4v) is 4.45. The van der Waals surface area contributed by atoms with Crippen LogP contribution in [0.5, 0.6) is 0 Å². The van der Waals surface area contributed by atoms with E-state index < -0.39 is 10.0 Å². The van der Waals surface area contributed by atoms with E-state index in [0.717, 1.165) is 5.69 Å². The minimum Gasteiger partial charge on any atom is -0.323 e. The number of aryl methyl sites for hydroxylation is 1. The van der Waals surface area contributed by atoms with Gasteiger partial charge in [0.15, 0.2) is 0 Å². The maximum Gasteiger partial charge on any atom is 0.243 e. The number of carbonyl (C=O) groups excluding carboxylic acids is 1. The number of nitrogens with zero attached hydrogens (tertiary/aromatic N) is 3. The van der Waals surface area contributed by atoms with Crippen molar-refractivity contribution in [3.8, 4) is 0 Å². The van der Waals surface area contributed by atoms with Crippen molar-refractivity contribution in [3.05, 3.63) is 42.2 Å². The molecule has 2 aromatic rings. The molecule has 3 rings (SSSR count). The minimum atomic E-state index is -3.49. The fourth-order valence-electron chi connectivity index (χ4n) is 2.96.